The molecule has 2 bridgehead atoms. The van der Waals surface area contributed by atoms with Crippen LogP contribution in [-0.4, -0.2) is 16.7 Å². The lowest BCUT2D eigenvalue weighted by Gasteiger charge is -2.50. The fraction of sp³-hybridized carbons (Fsp3) is 0.696. The van der Waals surface area contributed by atoms with E-state index in [1.807, 2.05) is 0 Å². The number of hydrogen-bond donors (Lipinski definition) is 1. The summed E-state index contributed by atoms with van der Waals surface area (Å²) in [6.45, 7) is 7.35. The quantitative estimate of drug-likeness (QED) is 0.665. The molecule has 0 aromatic heterocycles. The van der Waals surface area contributed by atoms with Gasteiger partial charge < -0.3 is 10.2 Å². The second-order valence-electron chi connectivity index (χ2n) is 9.56. The molecule has 0 amide bonds. The Morgan fingerprint density at radius 1 is 0.962 bits per heavy atom. The van der Waals surface area contributed by atoms with Gasteiger partial charge >= 0.3 is 0 Å². The maximum atomic E-state index is 6.08. The molecule has 0 heterocycles. The molecule has 3 aliphatic rings. The molecule has 2 nitrogen and oxygen atoms in total. The second kappa shape index (κ2) is 6.82. The van der Waals surface area contributed by atoms with Crippen molar-refractivity contribution >= 4 is 23.0 Å². The van der Waals surface area contributed by atoms with E-state index in [0.717, 1.165) is 16.9 Å². The maximum Gasteiger partial charge on any atom is 0.174 e. The van der Waals surface area contributed by atoms with Crippen LogP contribution in [0.1, 0.15) is 72.1 Å². The standard InChI is InChI=1S/C23H34N2S/c1-22(2)17-14-15-18(16-17)23(22,3)24-21(26)25(19-10-6-4-7-11-19)20-12-8-5-9-13-20/h4,6-7,10-11,17-18,20H,5,8-9,12-16H2,1-3H3,(H,24,26). The van der Waals surface area contributed by atoms with Crippen LogP contribution in [0.2, 0.25) is 0 Å². The zero-order valence-corrected chi connectivity index (χ0v) is 17.4. The topological polar surface area (TPSA) is 15.3 Å². The van der Waals surface area contributed by atoms with Gasteiger partial charge in [-0.3, -0.25) is 0 Å². The highest BCUT2D eigenvalue weighted by Gasteiger charge is 2.60. The molecule has 0 spiro atoms. The van der Waals surface area contributed by atoms with Gasteiger partial charge in [0.15, 0.2) is 5.11 Å². The van der Waals surface area contributed by atoms with Gasteiger partial charge in [0.1, 0.15) is 0 Å². The summed E-state index contributed by atoms with van der Waals surface area (Å²) in [4.78, 5) is 2.45. The first-order valence-electron chi connectivity index (χ1n) is 10.6. The van der Waals surface area contributed by atoms with Crippen molar-refractivity contribution in [2.45, 2.75) is 83.7 Å². The molecule has 1 aromatic rings. The molecular formula is C23H34N2S. The fourth-order valence-electron chi connectivity index (χ4n) is 6.08. The molecule has 4 rings (SSSR count). The second-order valence-corrected chi connectivity index (χ2v) is 9.95. The maximum absolute atomic E-state index is 6.08. The average Bonchev–Trinajstić information content (AvgIpc) is 3.20. The lowest BCUT2D eigenvalue weighted by molar-refractivity contribution is 0.0835. The van der Waals surface area contributed by atoms with Crippen LogP contribution in [0.4, 0.5) is 5.69 Å². The molecule has 3 heteroatoms. The minimum Gasteiger partial charge on any atom is -0.356 e. The molecule has 0 radical (unpaired) electrons. The number of para-hydroxylation sites is 1. The van der Waals surface area contributed by atoms with Crippen LogP contribution in [0.3, 0.4) is 0 Å². The molecule has 26 heavy (non-hydrogen) atoms. The summed E-state index contributed by atoms with van der Waals surface area (Å²) in [6, 6.07) is 11.3. The Balaban J connectivity index is 1.61. The van der Waals surface area contributed by atoms with Crippen molar-refractivity contribution in [2.75, 3.05) is 4.90 Å². The summed E-state index contributed by atoms with van der Waals surface area (Å²) in [7, 11) is 0. The Hall–Kier alpha value is -1.09. The molecule has 0 saturated heterocycles. The highest BCUT2D eigenvalue weighted by atomic mass is 32.1. The van der Waals surface area contributed by atoms with E-state index in [1.165, 1.54) is 57.1 Å². The summed E-state index contributed by atoms with van der Waals surface area (Å²) in [5, 5.41) is 4.88. The number of thiocarbonyl (C=S) groups is 1. The Morgan fingerprint density at radius 2 is 1.62 bits per heavy atom. The zero-order valence-electron chi connectivity index (χ0n) is 16.6. The molecule has 3 saturated carbocycles. The largest absolute Gasteiger partial charge is 0.356 e. The Kier molecular flexibility index (Phi) is 4.79. The fourth-order valence-corrected chi connectivity index (χ4v) is 6.55. The third-order valence-electron chi connectivity index (χ3n) is 8.17. The Morgan fingerprint density at radius 3 is 2.23 bits per heavy atom. The first-order chi connectivity index (χ1) is 12.4. The predicted molar refractivity (Wildman–Crippen MR) is 115 cm³/mol. The number of anilines is 1. The lowest BCUT2D eigenvalue weighted by atomic mass is 9.64. The molecule has 3 fully saturated rings. The lowest BCUT2D eigenvalue weighted by Crippen LogP contribution is -2.62. The number of fused-ring (bicyclic) bond motifs is 2. The van der Waals surface area contributed by atoms with Crippen molar-refractivity contribution < 1.29 is 0 Å². The number of nitrogens with zero attached hydrogens (tertiary/aromatic N) is 1. The molecule has 1 aromatic carbocycles. The highest BCUT2D eigenvalue weighted by molar-refractivity contribution is 7.80. The van der Waals surface area contributed by atoms with Crippen molar-refractivity contribution in [3.05, 3.63) is 30.3 Å². The van der Waals surface area contributed by atoms with Crippen molar-refractivity contribution in [2.24, 2.45) is 17.3 Å². The van der Waals surface area contributed by atoms with Gasteiger partial charge in [0.2, 0.25) is 0 Å². The minimum absolute atomic E-state index is 0.106. The van der Waals surface area contributed by atoms with Crippen LogP contribution in [0.15, 0.2) is 30.3 Å². The van der Waals surface area contributed by atoms with Gasteiger partial charge in [0.05, 0.1) is 0 Å². The molecule has 0 aliphatic heterocycles. The van der Waals surface area contributed by atoms with E-state index in [-0.39, 0.29) is 5.54 Å². The van der Waals surface area contributed by atoms with Crippen LogP contribution in [-0.2, 0) is 0 Å². The van der Waals surface area contributed by atoms with Gasteiger partial charge in [-0.05, 0) is 80.6 Å². The normalized spacial score (nSPS) is 33.2. The Bertz CT molecular complexity index is 649. The average molecular weight is 371 g/mol. The summed E-state index contributed by atoms with van der Waals surface area (Å²) in [5.74, 6) is 1.59. The summed E-state index contributed by atoms with van der Waals surface area (Å²) < 4.78 is 0. The molecular weight excluding hydrogens is 336 g/mol. The number of rotatable bonds is 3. The van der Waals surface area contributed by atoms with Gasteiger partial charge in [0, 0.05) is 17.3 Å². The van der Waals surface area contributed by atoms with E-state index in [2.05, 4.69) is 61.3 Å². The Labute approximate surface area is 164 Å². The summed E-state index contributed by atoms with van der Waals surface area (Å²) in [6.07, 6.45) is 10.6. The predicted octanol–water partition coefficient (Wildman–Crippen LogP) is 5.92. The van der Waals surface area contributed by atoms with E-state index in [1.54, 1.807) is 0 Å². The van der Waals surface area contributed by atoms with Crippen molar-refractivity contribution in [1.29, 1.82) is 0 Å². The van der Waals surface area contributed by atoms with Crippen LogP contribution in [0.25, 0.3) is 0 Å². The van der Waals surface area contributed by atoms with E-state index < -0.39 is 0 Å². The first-order valence-corrected chi connectivity index (χ1v) is 11.0. The van der Waals surface area contributed by atoms with Crippen molar-refractivity contribution in [1.82, 2.24) is 5.32 Å². The monoisotopic (exact) mass is 370 g/mol. The first kappa shape index (κ1) is 18.3. The van der Waals surface area contributed by atoms with Crippen LogP contribution < -0.4 is 10.2 Å². The van der Waals surface area contributed by atoms with Gasteiger partial charge in [-0.1, -0.05) is 51.3 Å². The highest BCUT2D eigenvalue weighted by Crippen LogP contribution is 2.61. The van der Waals surface area contributed by atoms with Gasteiger partial charge in [0.25, 0.3) is 0 Å². The minimum atomic E-state index is 0.106. The van der Waals surface area contributed by atoms with Crippen LogP contribution in [0, 0.1) is 17.3 Å². The van der Waals surface area contributed by atoms with Crippen molar-refractivity contribution in [3.8, 4) is 0 Å². The molecule has 3 aliphatic carbocycles. The molecule has 3 atom stereocenters. The van der Waals surface area contributed by atoms with Gasteiger partial charge in [-0.15, -0.1) is 0 Å². The van der Waals surface area contributed by atoms with E-state index in [9.17, 15) is 0 Å². The van der Waals surface area contributed by atoms with Crippen LogP contribution in [0.5, 0.6) is 0 Å². The van der Waals surface area contributed by atoms with Crippen molar-refractivity contribution in [3.63, 3.8) is 0 Å². The summed E-state index contributed by atoms with van der Waals surface area (Å²) in [5.41, 5.74) is 1.66. The zero-order chi connectivity index (χ0) is 18.4. The SMILES string of the molecule is CC1(C)C2CCC(C2)C1(C)NC(=S)N(c1ccccc1)C1CCCCC1. The van der Waals surface area contributed by atoms with E-state index in [0.29, 0.717) is 11.5 Å². The summed E-state index contributed by atoms with van der Waals surface area (Å²) >= 11 is 6.08. The van der Waals surface area contributed by atoms with E-state index >= 15 is 0 Å². The van der Waals surface area contributed by atoms with E-state index in [4.69, 9.17) is 12.2 Å². The number of nitrogens with one attached hydrogen (secondary N) is 1. The number of hydrogen-bond acceptors (Lipinski definition) is 1. The van der Waals surface area contributed by atoms with Gasteiger partial charge in [-0.25, -0.2) is 0 Å². The molecule has 1 N–H and O–H groups in total. The van der Waals surface area contributed by atoms with Crippen LogP contribution >= 0.6 is 12.2 Å². The smallest absolute Gasteiger partial charge is 0.174 e. The van der Waals surface area contributed by atoms with Gasteiger partial charge in [-0.2, -0.15) is 0 Å². The molecule has 3 unspecified atom stereocenters. The number of benzene rings is 1. The third kappa shape index (κ3) is 2.87. The third-order valence-corrected chi connectivity index (χ3v) is 8.47. The molecule has 142 valence electrons.